The van der Waals surface area contributed by atoms with Crippen molar-refractivity contribution in [3.8, 4) is 0 Å². The van der Waals surface area contributed by atoms with Gasteiger partial charge in [-0.3, -0.25) is 9.78 Å². The van der Waals surface area contributed by atoms with Crippen LogP contribution in [0.25, 0.3) is 0 Å². The number of carbonyl (C=O) groups excluding carboxylic acids is 1. The molecule has 76 valence electrons. The average molecular weight is 208 g/mol. The van der Waals surface area contributed by atoms with Gasteiger partial charge in [-0.25, -0.2) is 13.8 Å². The molecule has 0 N–H and O–H groups in total. The maximum absolute atomic E-state index is 12.5. The maximum atomic E-state index is 12.5. The lowest BCUT2D eigenvalue weighted by molar-refractivity contribution is -0.0960. The van der Waals surface area contributed by atoms with Crippen molar-refractivity contribution in [1.82, 2.24) is 9.97 Å². The Bertz CT molecular complexity index is 328. The molecule has 0 bridgehead atoms. The SMILES string of the molecule is O=C(c1cnccn1)C(F)(F)C(F)F. The van der Waals surface area contributed by atoms with Crippen LogP contribution in [-0.4, -0.2) is 28.1 Å². The zero-order valence-electron chi connectivity index (χ0n) is 6.62. The van der Waals surface area contributed by atoms with Crippen LogP contribution < -0.4 is 0 Å². The van der Waals surface area contributed by atoms with E-state index in [2.05, 4.69) is 9.97 Å². The van der Waals surface area contributed by atoms with E-state index < -0.39 is 23.8 Å². The molecule has 0 aromatic carbocycles. The van der Waals surface area contributed by atoms with E-state index in [0.717, 1.165) is 12.4 Å². The molecule has 0 aliphatic heterocycles. The molecule has 1 rings (SSSR count). The van der Waals surface area contributed by atoms with Gasteiger partial charge in [0.05, 0.1) is 6.20 Å². The summed E-state index contributed by atoms with van der Waals surface area (Å²) in [6, 6.07) is 0. The summed E-state index contributed by atoms with van der Waals surface area (Å²) in [6.45, 7) is 0. The van der Waals surface area contributed by atoms with Crippen LogP contribution in [0.5, 0.6) is 0 Å². The van der Waals surface area contributed by atoms with E-state index in [-0.39, 0.29) is 0 Å². The van der Waals surface area contributed by atoms with Crippen LogP contribution in [-0.2, 0) is 0 Å². The standard InChI is InChI=1S/C7H4F4N2O/c8-6(9)7(10,11)5(14)4-3-12-1-2-13-4/h1-3,6H. The number of halogens is 4. The number of ketones is 1. The van der Waals surface area contributed by atoms with Crippen LogP contribution in [0, 0.1) is 0 Å². The number of Topliss-reactive ketones (excluding diaryl/α,β-unsaturated/α-hetero) is 1. The highest BCUT2D eigenvalue weighted by molar-refractivity contribution is 5.99. The van der Waals surface area contributed by atoms with Gasteiger partial charge in [0.15, 0.2) is 0 Å². The van der Waals surface area contributed by atoms with Crippen molar-refractivity contribution in [3.63, 3.8) is 0 Å². The van der Waals surface area contributed by atoms with Crippen molar-refractivity contribution in [3.05, 3.63) is 24.3 Å². The van der Waals surface area contributed by atoms with Crippen molar-refractivity contribution in [1.29, 1.82) is 0 Å². The highest BCUT2D eigenvalue weighted by atomic mass is 19.3. The Labute approximate surface area is 75.8 Å². The molecule has 0 aliphatic carbocycles. The molecule has 7 heteroatoms. The molecule has 0 fully saturated rings. The van der Waals surface area contributed by atoms with E-state index in [4.69, 9.17) is 0 Å². The average Bonchev–Trinajstić information content (AvgIpc) is 2.17. The maximum Gasteiger partial charge on any atom is 0.370 e. The largest absolute Gasteiger partial charge is 0.370 e. The molecular weight excluding hydrogens is 204 g/mol. The van der Waals surface area contributed by atoms with E-state index >= 15 is 0 Å². The smallest absolute Gasteiger partial charge is 0.285 e. The summed E-state index contributed by atoms with van der Waals surface area (Å²) in [7, 11) is 0. The predicted octanol–water partition coefficient (Wildman–Crippen LogP) is 1.56. The van der Waals surface area contributed by atoms with Gasteiger partial charge in [-0.15, -0.1) is 0 Å². The lowest BCUT2D eigenvalue weighted by atomic mass is 10.2. The predicted molar refractivity (Wildman–Crippen MR) is 37.3 cm³/mol. The summed E-state index contributed by atoms with van der Waals surface area (Å²) in [5, 5.41) is 0. The fourth-order valence-corrected chi connectivity index (χ4v) is 0.686. The van der Waals surface area contributed by atoms with E-state index in [9.17, 15) is 22.4 Å². The Kier molecular flexibility index (Phi) is 2.78. The molecule has 0 spiro atoms. The Hall–Kier alpha value is -1.53. The van der Waals surface area contributed by atoms with Gasteiger partial charge in [0.2, 0.25) is 0 Å². The van der Waals surface area contributed by atoms with Crippen molar-refractivity contribution in [2.24, 2.45) is 0 Å². The summed E-state index contributed by atoms with van der Waals surface area (Å²) in [5.41, 5.74) is -0.780. The third kappa shape index (κ3) is 1.86. The van der Waals surface area contributed by atoms with Gasteiger partial charge in [0.25, 0.3) is 5.78 Å². The van der Waals surface area contributed by atoms with E-state index in [1.807, 2.05) is 0 Å². The number of alkyl halides is 4. The third-order valence-electron chi connectivity index (χ3n) is 1.37. The minimum Gasteiger partial charge on any atom is -0.285 e. The van der Waals surface area contributed by atoms with E-state index in [1.165, 1.54) is 0 Å². The minimum atomic E-state index is -4.71. The van der Waals surface area contributed by atoms with Crippen LogP contribution in [0.1, 0.15) is 10.5 Å². The molecule has 1 aromatic heterocycles. The Morgan fingerprint density at radius 2 is 2.00 bits per heavy atom. The number of hydrogen-bond donors (Lipinski definition) is 0. The van der Waals surface area contributed by atoms with E-state index in [1.54, 1.807) is 0 Å². The van der Waals surface area contributed by atoms with Crippen molar-refractivity contribution >= 4 is 5.78 Å². The lowest BCUT2D eigenvalue weighted by Gasteiger charge is -2.12. The third-order valence-corrected chi connectivity index (χ3v) is 1.37. The second-order valence-corrected chi connectivity index (χ2v) is 2.34. The van der Waals surface area contributed by atoms with Gasteiger partial charge in [0.1, 0.15) is 5.69 Å². The fraction of sp³-hybridized carbons (Fsp3) is 0.286. The second-order valence-electron chi connectivity index (χ2n) is 2.34. The van der Waals surface area contributed by atoms with Crippen LogP contribution in [0.3, 0.4) is 0 Å². The molecule has 1 heterocycles. The number of carbonyl (C=O) groups is 1. The quantitative estimate of drug-likeness (QED) is 0.559. The number of nitrogens with zero attached hydrogens (tertiary/aromatic N) is 2. The van der Waals surface area contributed by atoms with Crippen LogP contribution in [0.15, 0.2) is 18.6 Å². The van der Waals surface area contributed by atoms with Gasteiger partial charge < -0.3 is 0 Å². The Balaban J connectivity index is 2.97. The molecule has 0 radical (unpaired) electrons. The molecular formula is C7H4F4N2O. The number of aromatic nitrogens is 2. The summed E-state index contributed by atoms with van der Waals surface area (Å²) in [6.07, 6.45) is -1.23. The monoisotopic (exact) mass is 208 g/mol. The fourth-order valence-electron chi connectivity index (χ4n) is 0.686. The normalized spacial score (nSPS) is 11.8. The molecule has 1 aromatic rings. The highest BCUT2D eigenvalue weighted by Crippen LogP contribution is 2.26. The van der Waals surface area contributed by atoms with Crippen molar-refractivity contribution in [2.75, 3.05) is 0 Å². The molecule has 0 saturated carbocycles. The zero-order valence-corrected chi connectivity index (χ0v) is 6.62. The van der Waals surface area contributed by atoms with Crippen LogP contribution in [0.4, 0.5) is 17.6 Å². The Morgan fingerprint density at radius 3 is 2.43 bits per heavy atom. The molecule has 0 atom stereocenters. The van der Waals surface area contributed by atoms with Gasteiger partial charge in [-0.05, 0) is 0 Å². The van der Waals surface area contributed by atoms with E-state index in [0.29, 0.717) is 6.20 Å². The number of hydrogen-bond acceptors (Lipinski definition) is 3. The lowest BCUT2D eigenvalue weighted by Crippen LogP contribution is -2.37. The summed E-state index contributed by atoms with van der Waals surface area (Å²) in [4.78, 5) is 17.3. The topological polar surface area (TPSA) is 42.9 Å². The molecule has 0 aliphatic rings. The first-order valence-corrected chi connectivity index (χ1v) is 3.43. The van der Waals surface area contributed by atoms with Gasteiger partial charge in [-0.2, -0.15) is 8.78 Å². The summed E-state index contributed by atoms with van der Waals surface area (Å²) < 4.78 is 48.4. The molecule has 14 heavy (non-hydrogen) atoms. The first-order chi connectivity index (χ1) is 6.46. The molecule has 0 saturated heterocycles. The first-order valence-electron chi connectivity index (χ1n) is 3.43. The summed E-state index contributed by atoms with van der Waals surface area (Å²) in [5.74, 6) is -6.74. The van der Waals surface area contributed by atoms with Gasteiger partial charge in [0, 0.05) is 12.4 Å². The summed E-state index contributed by atoms with van der Waals surface area (Å²) >= 11 is 0. The zero-order chi connectivity index (χ0) is 10.8. The Morgan fingerprint density at radius 1 is 1.36 bits per heavy atom. The van der Waals surface area contributed by atoms with Gasteiger partial charge in [-0.1, -0.05) is 0 Å². The van der Waals surface area contributed by atoms with Crippen molar-refractivity contribution in [2.45, 2.75) is 12.3 Å². The van der Waals surface area contributed by atoms with Crippen LogP contribution >= 0.6 is 0 Å². The highest BCUT2D eigenvalue weighted by Gasteiger charge is 2.49. The second kappa shape index (κ2) is 3.69. The molecule has 0 unspecified atom stereocenters. The van der Waals surface area contributed by atoms with Crippen LogP contribution in [0.2, 0.25) is 0 Å². The first kappa shape index (κ1) is 10.6. The van der Waals surface area contributed by atoms with Gasteiger partial charge >= 0.3 is 12.3 Å². The van der Waals surface area contributed by atoms with Crippen molar-refractivity contribution < 1.29 is 22.4 Å². The minimum absolute atomic E-state index is 0.707. The number of rotatable bonds is 3. The molecule has 3 nitrogen and oxygen atoms in total. The molecule has 0 amide bonds.